The molecule has 1 fully saturated rings. The second-order valence-corrected chi connectivity index (χ2v) is 8.93. The molecule has 2 aliphatic rings. The van der Waals surface area contributed by atoms with Gasteiger partial charge in [0.25, 0.3) is 5.91 Å². The van der Waals surface area contributed by atoms with Gasteiger partial charge in [-0.15, -0.1) is 0 Å². The van der Waals surface area contributed by atoms with Crippen molar-refractivity contribution in [1.29, 1.82) is 0 Å². The summed E-state index contributed by atoms with van der Waals surface area (Å²) in [5.41, 5.74) is 1.61. The number of morpholine rings is 1. The van der Waals surface area contributed by atoms with Gasteiger partial charge in [-0.05, 0) is 50.3 Å². The van der Waals surface area contributed by atoms with Gasteiger partial charge < -0.3 is 14.8 Å². The van der Waals surface area contributed by atoms with Crippen LogP contribution in [0.4, 0.5) is 0 Å². The van der Waals surface area contributed by atoms with Crippen molar-refractivity contribution in [2.45, 2.75) is 37.0 Å². The van der Waals surface area contributed by atoms with Crippen LogP contribution < -0.4 is 10.1 Å². The lowest BCUT2D eigenvalue weighted by Crippen LogP contribution is -2.40. The van der Waals surface area contributed by atoms with Crippen LogP contribution in [0.5, 0.6) is 5.75 Å². The summed E-state index contributed by atoms with van der Waals surface area (Å²) in [5, 5.41) is 2.89. The molecule has 1 aliphatic carbocycles. The minimum absolute atomic E-state index is 0.0929. The first-order valence-corrected chi connectivity index (χ1v) is 11.2. The molecule has 0 saturated carbocycles. The third kappa shape index (κ3) is 4.92. The van der Waals surface area contributed by atoms with E-state index in [2.05, 4.69) is 11.4 Å². The number of nitrogens with one attached hydrogen (secondary N) is 1. The quantitative estimate of drug-likeness (QED) is 0.700. The van der Waals surface area contributed by atoms with Crippen molar-refractivity contribution in [3.8, 4) is 5.75 Å². The highest BCUT2D eigenvalue weighted by atomic mass is 32.2. The number of carbonyl (C=O) groups is 1. The summed E-state index contributed by atoms with van der Waals surface area (Å²) in [4.78, 5) is 12.8. The molecule has 1 saturated heterocycles. The number of methoxy groups -OCH3 is 1. The van der Waals surface area contributed by atoms with Crippen LogP contribution in [0.25, 0.3) is 0 Å². The molecular formula is C20H28N2O5S. The number of allylic oxidation sites excluding steroid dienone is 1. The van der Waals surface area contributed by atoms with E-state index < -0.39 is 10.0 Å². The third-order valence-corrected chi connectivity index (χ3v) is 7.03. The van der Waals surface area contributed by atoms with E-state index in [0.717, 1.165) is 19.3 Å². The van der Waals surface area contributed by atoms with E-state index in [1.54, 1.807) is 0 Å². The van der Waals surface area contributed by atoms with Gasteiger partial charge in [0.15, 0.2) is 0 Å². The molecule has 1 aromatic carbocycles. The van der Waals surface area contributed by atoms with Crippen molar-refractivity contribution in [1.82, 2.24) is 9.62 Å². The summed E-state index contributed by atoms with van der Waals surface area (Å²) in [6.45, 7) is 1.89. The van der Waals surface area contributed by atoms with Crippen molar-refractivity contribution >= 4 is 15.9 Å². The SMILES string of the molecule is COc1ccc(S(=O)(=O)N2CCOCC2)cc1C(=O)NCCC1=CCCCC1. The number of sulfonamides is 1. The Labute approximate surface area is 166 Å². The third-order valence-electron chi connectivity index (χ3n) is 5.14. The smallest absolute Gasteiger partial charge is 0.255 e. The van der Waals surface area contributed by atoms with Crippen LogP contribution >= 0.6 is 0 Å². The Balaban J connectivity index is 1.72. The van der Waals surface area contributed by atoms with Gasteiger partial charge in [0.05, 0.1) is 30.8 Å². The van der Waals surface area contributed by atoms with Crippen LogP contribution in [0.15, 0.2) is 34.7 Å². The van der Waals surface area contributed by atoms with Crippen LogP contribution in [0.1, 0.15) is 42.5 Å². The Hall–Kier alpha value is -1.90. The number of nitrogens with zero attached hydrogens (tertiary/aromatic N) is 1. The molecule has 0 atom stereocenters. The highest BCUT2D eigenvalue weighted by Crippen LogP contribution is 2.25. The number of benzene rings is 1. The number of ether oxygens (including phenoxy) is 2. The molecule has 0 aromatic heterocycles. The number of amides is 1. The zero-order chi connectivity index (χ0) is 20.0. The minimum Gasteiger partial charge on any atom is -0.496 e. The van der Waals surface area contributed by atoms with Crippen molar-refractivity contribution in [3.63, 3.8) is 0 Å². The van der Waals surface area contributed by atoms with E-state index in [9.17, 15) is 13.2 Å². The summed E-state index contributed by atoms with van der Waals surface area (Å²) in [6, 6.07) is 4.41. The molecule has 8 heteroatoms. The van der Waals surface area contributed by atoms with Crippen LogP contribution in [0, 0.1) is 0 Å². The summed E-state index contributed by atoms with van der Waals surface area (Å²) in [7, 11) is -2.20. The zero-order valence-electron chi connectivity index (χ0n) is 16.3. The molecule has 1 amide bonds. The van der Waals surface area contributed by atoms with Gasteiger partial charge in [-0.25, -0.2) is 8.42 Å². The fraction of sp³-hybridized carbons (Fsp3) is 0.550. The highest BCUT2D eigenvalue weighted by Gasteiger charge is 2.28. The fourth-order valence-corrected chi connectivity index (χ4v) is 4.96. The number of carbonyl (C=O) groups excluding carboxylic acids is 1. The topological polar surface area (TPSA) is 84.9 Å². The molecule has 0 bridgehead atoms. The van der Waals surface area contributed by atoms with E-state index >= 15 is 0 Å². The molecule has 154 valence electrons. The number of rotatable bonds is 7. The van der Waals surface area contributed by atoms with Crippen molar-refractivity contribution in [2.75, 3.05) is 40.0 Å². The molecule has 1 aromatic rings. The lowest BCUT2D eigenvalue weighted by atomic mass is 9.97. The summed E-state index contributed by atoms with van der Waals surface area (Å²) in [5.74, 6) is 0.0302. The second-order valence-electron chi connectivity index (χ2n) is 6.99. The molecular weight excluding hydrogens is 380 g/mol. The van der Waals surface area contributed by atoms with Gasteiger partial charge in [-0.2, -0.15) is 4.31 Å². The van der Waals surface area contributed by atoms with Crippen molar-refractivity contribution < 1.29 is 22.7 Å². The lowest BCUT2D eigenvalue weighted by molar-refractivity contribution is 0.0730. The zero-order valence-corrected chi connectivity index (χ0v) is 17.1. The van der Waals surface area contributed by atoms with Crippen LogP contribution in [-0.2, 0) is 14.8 Å². The predicted molar refractivity (Wildman–Crippen MR) is 106 cm³/mol. The first-order valence-electron chi connectivity index (χ1n) is 9.74. The van der Waals surface area contributed by atoms with Gasteiger partial charge in [0.2, 0.25) is 10.0 Å². The largest absolute Gasteiger partial charge is 0.496 e. The minimum atomic E-state index is -3.67. The molecule has 1 heterocycles. The normalized spacial score (nSPS) is 18.4. The maximum atomic E-state index is 12.9. The van der Waals surface area contributed by atoms with Gasteiger partial charge in [-0.1, -0.05) is 11.6 Å². The average molecular weight is 409 g/mol. The van der Waals surface area contributed by atoms with E-state index in [0.29, 0.717) is 38.6 Å². The Morgan fingerprint density at radius 1 is 1.25 bits per heavy atom. The number of hydrogen-bond donors (Lipinski definition) is 1. The van der Waals surface area contributed by atoms with Crippen LogP contribution in [0.2, 0.25) is 0 Å². The monoisotopic (exact) mass is 408 g/mol. The van der Waals surface area contributed by atoms with Crippen LogP contribution in [0.3, 0.4) is 0 Å². The maximum Gasteiger partial charge on any atom is 0.255 e. The Bertz CT molecular complexity index is 829. The maximum absolute atomic E-state index is 12.9. The highest BCUT2D eigenvalue weighted by molar-refractivity contribution is 7.89. The summed E-state index contributed by atoms with van der Waals surface area (Å²) < 4.78 is 37.6. The predicted octanol–water partition coefficient (Wildman–Crippen LogP) is 2.34. The first kappa shape index (κ1) is 20.8. The average Bonchev–Trinajstić information content (AvgIpc) is 2.74. The second kappa shape index (κ2) is 9.54. The summed E-state index contributed by atoms with van der Waals surface area (Å²) in [6.07, 6.45) is 7.71. The molecule has 7 nitrogen and oxygen atoms in total. The molecule has 0 unspecified atom stereocenters. The number of hydrogen-bond acceptors (Lipinski definition) is 5. The Kier molecular flexibility index (Phi) is 7.09. The molecule has 1 N–H and O–H groups in total. The van der Waals surface area contributed by atoms with Gasteiger partial charge >= 0.3 is 0 Å². The van der Waals surface area contributed by atoms with Gasteiger partial charge in [0.1, 0.15) is 5.75 Å². The summed E-state index contributed by atoms with van der Waals surface area (Å²) >= 11 is 0. The van der Waals surface area contributed by atoms with E-state index in [1.807, 2.05) is 0 Å². The van der Waals surface area contributed by atoms with Crippen molar-refractivity contribution in [3.05, 3.63) is 35.4 Å². The standard InChI is InChI=1S/C20H28N2O5S/c1-26-19-8-7-17(28(24,25)22-11-13-27-14-12-22)15-18(19)20(23)21-10-9-16-5-3-2-4-6-16/h5,7-8,15H,2-4,6,9-14H2,1H3,(H,21,23). The van der Waals surface area contributed by atoms with Gasteiger partial charge in [0, 0.05) is 19.6 Å². The van der Waals surface area contributed by atoms with E-state index in [4.69, 9.17) is 9.47 Å². The fourth-order valence-electron chi connectivity index (χ4n) is 3.52. The van der Waals surface area contributed by atoms with Gasteiger partial charge in [-0.3, -0.25) is 4.79 Å². The molecule has 0 radical (unpaired) electrons. The van der Waals surface area contributed by atoms with Crippen LogP contribution in [-0.4, -0.2) is 58.6 Å². The molecule has 0 spiro atoms. The van der Waals surface area contributed by atoms with E-state index in [1.165, 1.54) is 48.0 Å². The molecule has 1 aliphatic heterocycles. The van der Waals surface area contributed by atoms with Crippen molar-refractivity contribution in [2.24, 2.45) is 0 Å². The molecule has 3 rings (SSSR count). The van der Waals surface area contributed by atoms with E-state index in [-0.39, 0.29) is 16.4 Å². The molecule has 28 heavy (non-hydrogen) atoms. The Morgan fingerprint density at radius 3 is 2.71 bits per heavy atom. The first-order chi connectivity index (χ1) is 13.5. The lowest BCUT2D eigenvalue weighted by Gasteiger charge is -2.26. The Morgan fingerprint density at radius 2 is 2.04 bits per heavy atom.